The second-order valence-electron chi connectivity index (χ2n) is 3.37. The molecule has 0 aliphatic carbocycles. The van der Waals surface area contributed by atoms with E-state index in [1.54, 1.807) is 6.07 Å². The van der Waals surface area contributed by atoms with E-state index in [-0.39, 0.29) is 21.4 Å². The van der Waals surface area contributed by atoms with E-state index in [9.17, 15) is 0 Å². The summed E-state index contributed by atoms with van der Waals surface area (Å²) >= 11 is 11.2. The van der Waals surface area contributed by atoms with Gasteiger partial charge in [-0.15, -0.1) is 0 Å². The predicted molar refractivity (Wildman–Crippen MR) is 76.7 cm³/mol. The van der Waals surface area contributed by atoms with E-state index in [1.807, 2.05) is 12.1 Å². The number of nitrogen functional groups attached to an aromatic ring is 2. The van der Waals surface area contributed by atoms with Gasteiger partial charge in [-0.3, -0.25) is 0 Å². The third kappa shape index (κ3) is 3.99. The van der Waals surface area contributed by atoms with Crippen molar-refractivity contribution in [2.45, 2.75) is 0 Å². The van der Waals surface area contributed by atoms with Crippen molar-refractivity contribution in [3.05, 3.63) is 45.7 Å². The van der Waals surface area contributed by atoms with Crippen molar-refractivity contribution in [3.8, 4) is 12.1 Å². The van der Waals surface area contributed by atoms with Crippen molar-refractivity contribution >= 4 is 34.8 Å². The van der Waals surface area contributed by atoms with Crippen LogP contribution in [0, 0.1) is 22.7 Å². The first-order valence-electron chi connectivity index (χ1n) is 5.10. The molecule has 2 aromatic rings. The van der Waals surface area contributed by atoms with Crippen LogP contribution in [-0.4, -0.2) is 9.97 Å². The summed E-state index contributed by atoms with van der Waals surface area (Å²) in [6.07, 6.45) is 2.80. The van der Waals surface area contributed by atoms with E-state index in [1.165, 1.54) is 18.5 Å². The van der Waals surface area contributed by atoms with Crippen LogP contribution in [0.2, 0.25) is 10.0 Å². The van der Waals surface area contributed by atoms with E-state index in [2.05, 4.69) is 9.97 Å². The van der Waals surface area contributed by atoms with Crippen LogP contribution in [-0.2, 0) is 0 Å². The minimum atomic E-state index is 0.111. The summed E-state index contributed by atoms with van der Waals surface area (Å²) in [7, 11) is 0. The fourth-order valence-electron chi connectivity index (χ4n) is 1.10. The highest BCUT2D eigenvalue weighted by atomic mass is 35.5. The molecule has 0 atom stereocenters. The molecular formula is C12H8Cl2N6. The highest BCUT2D eigenvalue weighted by Crippen LogP contribution is 2.26. The van der Waals surface area contributed by atoms with Gasteiger partial charge in [0.25, 0.3) is 0 Å². The lowest BCUT2D eigenvalue weighted by atomic mass is 10.3. The molecule has 0 radical (unpaired) electrons. The largest absolute Gasteiger partial charge is 0.384 e. The first-order chi connectivity index (χ1) is 9.49. The van der Waals surface area contributed by atoms with Crippen LogP contribution in [0.3, 0.4) is 0 Å². The quantitative estimate of drug-likeness (QED) is 0.769. The van der Waals surface area contributed by atoms with Gasteiger partial charge in [0.05, 0.1) is 22.2 Å². The molecule has 0 fully saturated rings. The number of nitrogens with zero attached hydrogens (tertiary/aromatic N) is 4. The van der Waals surface area contributed by atoms with Gasteiger partial charge in [-0.05, 0) is 12.1 Å². The van der Waals surface area contributed by atoms with Crippen molar-refractivity contribution in [3.63, 3.8) is 0 Å². The lowest BCUT2D eigenvalue weighted by molar-refractivity contribution is 1.32. The Bertz CT molecular complexity index is 702. The van der Waals surface area contributed by atoms with E-state index < -0.39 is 0 Å². The molecule has 0 spiro atoms. The lowest BCUT2D eigenvalue weighted by Gasteiger charge is -1.99. The van der Waals surface area contributed by atoms with Crippen LogP contribution >= 0.6 is 23.2 Å². The van der Waals surface area contributed by atoms with Crippen LogP contribution in [0.4, 0.5) is 11.6 Å². The molecule has 0 amide bonds. The Morgan fingerprint density at radius 1 is 1.10 bits per heavy atom. The maximum absolute atomic E-state index is 8.52. The van der Waals surface area contributed by atoms with E-state index in [0.717, 1.165) is 0 Å². The maximum atomic E-state index is 8.52. The molecule has 0 aromatic carbocycles. The predicted octanol–water partition coefficient (Wildman–Crippen LogP) is 2.38. The summed E-state index contributed by atoms with van der Waals surface area (Å²) in [5, 5.41) is 17.2. The molecule has 2 rings (SSSR count). The molecule has 8 heteroatoms. The highest BCUT2D eigenvalue weighted by molar-refractivity contribution is 6.37. The number of nitriles is 2. The molecule has 0 bridgehead atoms. The minimum Gasteiger partial charge on any atom is -0.384 e. The van der Waals surface area contributed by atoms with Gasteiger partial charge in [0.2, 0.25) is 0 Å². The summed E-state index contributed by atoms with van der Waals surface area (Å²) in [4.78, 5) is 7.36. The second-order valence-corrected chi connectivity index (χ2v) is 4.16. The van der Waals surface area contributed by atoms with E-state index in [4.69, 9.17) is 45.2 Å². The average Bonchev–Trinajstić information content (AvgIpc) is 2.44. The fraction of sp³-hybridized carbons (Fsp3) is 0. The Morgan fingerprint density at radius 2 is 1.80 bits per heavy atom. The van der Waals surface area contributed by atoms with Crippen molar-refractivity contribution in [2.75, 3.05) is 11.5 Å². The molecule has 6 nitrogen and oxygen atoms in total. The SMILES string of the molecule is N#Cc1c(Cl)cnc(N)c1Cl.N#Cc1ccnc(N)c1. The molecule has 20 heavy (non-hydrogen) atoms. The summed E-state index contributed by atoms with van der Waals surface area (Å²) in [6.45, 7) is 0. The second kappa shape index (κ2) is 7.15. The van der Waals surface area contributed by atoms with E-state index >= 15 is 0 Å². The van der Waals surface area contributed by atoms with Crippen LogP contribution < -0.4 is 11.5 Å². The van der Waals surface area contributed by atoms with Gasteiger partial charge in [-0.25, -0.2) is 9.97 Å². The Balaban J connectivity index is 0.000000204. The van der Waals surface area contributed by atoms with Crippen molar-refractivity contribution < 1.29 is 0 Å². The summed E-state index contributed by atoms with van der Waals surface area (Å²) < 4.78 is 0. The van der Waals surface area contributed by atoms with Gasteiger partial charge in [-0.2, -0.15) is 10.5 Å². The maximum Gasteiger partial charge on any atom is 0.143 e. The number of rotatable bonds is 0. The van der Waals surface area contributed by atoms with Crippen LogP contribution in [0.1, 0.15) is 11.1 Å². The summed E-state index contributed by atoms with van der Waals surface area (Å²) in [5.74, 6) is 0.502. The third-order valence-corrected chi connectivity index (χ3v) is 2.69. The normalized spacial score (nSPS) is 8.80. The summed E-state index contributed by atoms with van der Waals surface area (Å²) in [6, 6.07) is 6.90. The topological polar surface area (TPSA) is 125 Å². The Morgan fingerprint density at radius 3 is 2.25 bits per heavy atom. The third-order valence-electron chi connectivity index (χ3n) is 2.02. The first kappa shape index (κ1) is 15.5. The molecule has 0 aliphatic heterocycles. The number of pyridine rings is 2. The molecule has 0 saturated carbocycles. The van der Waals surface area contributed by atoms with Crippen LogP contribution in [0.5, 0.6) is 0 Å². The number of anilines is 2. The van der Waals surface area contributed by atoms with Gasteiger partial charge in [0.1, 0.15) is 22.7 Å². The van der Waals surface area contributed by atoms with Gasteiger partial charge >= 0.3 is 0 Å². The van der Waals surface area contributed by atoms with Gasteiger partial charge in [0.15, 0.2) is 0 Å². The Kier molecular flexibility index (Phi) is 5.55. The van der Waals surface area contributed by atoms with Gasteiger partial charge in [-0.1, -0.05) is 23.2 Å². The average molecular weight is 307 g/mol. The zero-order chi connectivity index (χ0) is 15.1. The van der Waals surface area contributed by atoms with Crippen molar-refractivity contribution in [1.29, 1.82) is 10.5 Å². The number of nitrogens with two attached hydrogens (primary N) is 2. The van der Waals surface area contributed by atoms with E-state index in [0.29, 0.717) is 11.4 Å². The molecule has 0 unspecified atom stereocenters. The van der Waals surface area contributed by atoms with Crippen LogP contribution in [0.25, 0.3) is 0 Å². The number of hydrogen-bond acceptors (Lipinski definition) is 6. The zero-order valence-corrected chi connectivity index (χ0v) is 11.5. The molecule has 2 aromatic heterocycles. The Labute approximate surface area is 125 Å². The number of halogens is 2. The standard InChI is InChI=1S/C6H3Cl2N3.C6H5N3/c7-4-2-11-6(10)5(8)3(4)1-9;7-4-5-1-2-9-6(8)3-5/h2H,(H2,10,11);1-3H,(H2,8,9). The fourth-order valence-corrected chi connectivity index (χ4v) is 1.53. The molecule has 0 saturated heterocycles. The molecule has 4 N–H and O–H groups in total. The van der Waals surface area contributed by atoms with Crippen LogP contribution in [0.15, 0.2) is 24.5 Å². The van der Waals surface area contributed by atoms with Gasteiger partial charge < -0.3 is 11.5 Å². The smallest absolute Gasteiger partial charge is 0.143 e. The molecule has 2 heterocycles. The lowest BCUT2D eigenvalue weighted by Crippen LogP contribution is -1.93. The first-order valence-corrected chi connectivity index (χ1v) is 5.86. The Hall–Kier alpha value is -2.54. The number of hydrogen-bond donors (Lipinski definition) is 2. The zero-order valence-electron chi connectivity index (χ0n) is 10.0. The molecule has 100 valence electrons. The minimum absolute atomic E-state index is 0.111. The monoisotopic (exact) mass is 306 g/mol. The number of aromatic nitrogens is 2. The van der Waals surface area contributed by atoms with Gasteiger partial charge in [0, 0.05) is 12.4 Å². The highest BCUT2D eigenvalue weighted by Gasteiger charge is 2.08. The van der Waals surface area contributed by atoms with Crippen molar-refractivity contribution in [2.24, 2.45) is 0 Å². The van der Waals surface area contributed by atoms with Crippen molar-refractivity contribution in [1.82, 2.24) is 9.97 Å². The summed E-state index contributed by atoms with van der Waals surface area (Å²) in [5.41, 5.74) is 11.3. The molecule has 0 aliphatic rings. The molecular weight excluding hydrogens is 299 g/mol.